The van der Waals surface area contributed by atoms with Crippen molar-refractivity contribution in [3.05, 3.63) is 59.7 Å². The third kappa shape index (κ3) is 5.02. The third-order valence-electron chi connectivity index (χ3n) is 6.70. The van der Waals surface area contributed by atoms with E-state index in [2.05, 4.69) is 34.9 Å². The van der Waals surface area contributed by atoms with Crippen LogP contribution in [0.5, 0.6) is 0 Å². The average Bonchev–Trinajstić information content (AvgIpc) is 3.07. The van der Waals surface area contributed by atoms with Gasteiger partial charge in [0.1, 0.15) is 6.61 Å². The molecule has 0 unspecified atom stereocenters. The van der Waals surface area contributed by atoms with E-state index in [4.69, 9.17) is 9.84 Å². The van der Waals surface area contributed by atoms with Crippen molar-refractivity contribution in [3.8, 4) is 11.1 Å². The van der Waals surface area contributed by atoms with Crippen LogP contribution in [0, 0.1) is 11.8 Å². The van der Waals surface area contributed by atoms with Crippen LogP contribution in [0.1, 0.15) is 50.2 Å². The fraction of sp³-hybridized carbons (Fsp3) is 0.423. The summed E-state index contributed by atoms with van der Waals surface area (Å²) in [5, 5.41) is 14.7. The van der Waals surface area contributed by atoms with Crippen LogP contribution in [0.4, 0.5) is 4.79 Å². The maximum Gasteiger partial charge on any atom is 0.407 e. The predicted octanol–water partition coefficient (Wildman–Crippen LogP) is 3.92. The van der Waals surface area contributed by atoms with Crippen molar-refractivity contribution in [2.45, 2.75) is 51.1 Å². The first kappa shape index (κ1) is 22.8. The van der Waals surface area contributed by atoms with Gasteiger partial charge in [0, 0.05) is 23.9 Å². The van der Waals surface area contributed by atoms with Gasteiger partial charge in [-0.25, -0.2) is 4.79 Å². The first-order chi connectivity index (χ1) is 15.8. The molecular formula is C26H30N2O5. The molecule has 2 amide bonds. The summed E-state index contributed by atoms with van der Waals surface area (Å²) in [5.41, 5.74) is 4.68. The van der Waals surface area contributed by atoms with Crippen molar-refractivity contribution in [2.24, 2.45) is 11.8 Å². The molecule has 33 heavy (non-hydrogen) atoms. The lowest BCUT2D eigenvalue weighted by molar-refractivity contribution is -0.138. The second-order valence-electron chi connectivity index (χ2n) is 9.29. The topological polar surface area (TPSA) is 105 Å². The van der Waals surface area contributed by atoms with Gasteiger partial charge in [-0.2, -0.15) is 0 Å². The largest absolute Gasteiger partial charge is 0.481 e. The summed E-state index contributed by atoms with van der Waals surface area (Å²) in [6.07, 6.45) is 0.464. The predicted molar refractivity (Wildman–Crippen MR) is 124 cm³/mol. The number of rotatable bonds is 8. The molecule has 0 bridgehead atoms. The lowest BCUT2D eigenvalue weighted by Crippen LogP contribution is -2.52. The first-order valence-electron chi connectivity index (χ1n) is 11.5. The SMILES string of the molecule is CC(C)[C@@H](CC(=O)O)NC(=O)C1CC(NC(=O)OCC2c3ccccc3-c3ccccc32)C1. The van der Waals surface area contributed by atoms with E-state index >= 15 is 0 Å². The molecule has 174 valence electrons. The van der Waals surface area contributed by atoms with E-state index < -0.39 is 18.1 Å². The molecule has 0 aromatic heterocycles. The van der Waals surface area contributed by atoms with Crippen LogP contribution in [0.3, 0.4) is 0 Å². The molecule has 0 heterocycles. The van der Waals surface area contributed by atoms with Crippen LogP contribution in [0.15, 0.2) is 48.5 Å². The third-order valence-corrected chi connectivity index (χ3v) is 6.70. The van der Waals surface area contributed by atoms with Crippen molar-refractivity contribution < 1.29 is 24.2 Å². The van der Waals surface area contributed by atoms with Crippen LogP contribution in [0.2, 0.25) is 0 Å². The van der Waals surface area contributed by atoms with Crippen LogP contribution < -0.4 is 10.6 Å². The molecule has 1 fully saturated rings. The van der Waals surface area contributed by atoms with Gasteiger partial charge in [-0.1, -0.05) is 62.4 Å². The highest BCUT2D eigenvalue weighted by Gasteiger charge is 2.37. The maximum atomic E-state index is 12.4. The van der Waals surface area contributed by atoms with E-state index in [1.54, 1.807) is 0 Å². The maximum absolute atomic E-state index is 12.4. The van der Waals surface area contributed by atoms with Crippen LogP contribution in [-0.2, 0) is 14.3 Å². The summed E-state index contributed by atoms with van der Waals surface area (Å²) >= 11 is 0. The van der Waals surface area contributed by atoms with E-state index in [0.717, 1.165) is 11.1 Å². The van der Waals surface area contributed by atoms with Gasteiger partial charge in [-0.15, -0.1) is 0 Å². The summed E-state index contributed by atoms with van der Waals surface area (Å²) in [6, 6.07) is 15.8. The monoisotopic (exact) mass is 450 g/mol. The highest BCUT2D eigenvalue weighted by atomic mass is 16.5. The Morgan fingerprint density at radius 3 is 2.12 bits per heavy atom. The van der Waals surface area contributed by atoms with Gasteiger partial charge in [0.15, 0.2) is 0 Å². The van der Waals surface area contributed by atoms with Crippen LogP contribution >= 0.6 is 0 Å². The number of carboxylic acid groups (broad SMARTS) is 1. The van der Waals surface area contributed by atoms with E-state index in [1.807, 2.05) is 38.1 Å². The summed E-state index contributed by atoms with van der Waals surface area (Å²) < 4.78 is 5.57. The Bertz CT molecular complexity index is 999. The van der Waals surface area contributed by atoms with Crippen molar-refractivity contribution in [1.29, 1.82) is 0 Å². The molecule has 2 aromatic rings. The Balaban J connectivity index is 1.25. The highest BCUT2D eigenvalue weighted by molar-refractivity contribution is 5.81. The number of carbonyl (C=O) groups is 3. The molecular weight excluding hydrogens is 420 g/mol. The Morgan fingerprint density at radius 1 is 1.00 bits per heavy atom. The summed E-state index contributed by atoms with van der Waals surface area (Å²) in [7, 11) is 0. The number of alkyl carbamates (subject to hydrolysis) is 1. The number of ether oxygens (including phenoxy) is 1. The standard InChI is InChI=1S/C26H30N2O5/c1-15(2)23(13-24(29)30)28-25(31)16-11-17(12-16)27-26(32)33-14-22-20-9-5-3-7-18(20)19-8-4-6-10-21(19)22/h3-10,15-17,22-23H,11-14H2,1-2H3,(H,27,32)(H,28,31)(H,29,30)/t16?,17?,23-/m1/s1. The number of amides is 2. The quantitative estimate of drug-likeness (QED) is 0.565. The van der Waals surface area contributed by atoms with Crippen LogP contribution in [-0.4, -0.2) is 41.8 Å². The molecule has 2 aliphatic carbocycles. The Hall–Kier alpha value is -3.35. The van der Waals surface area contributed by atoms with Crippen molar-refractivity contribution in [1.82, 2.24) is 10.6 Å². The normalized spacial score (nSPS) is 19.7. The van der Waals surface area contributed by atoms with Gasteiger partial charge in [-0.3, -0.25) is 9.59 Å². The highest BCUT2D eigenvalue weighted by Crippen LogP contribution is 2.44. The van der Waals surface area contributed by atoms with Gasteiger partial charge in [0.25, 0.3) is 0 Å². The summed E-state index contributed by atoms with van der Waals surface area (Å²) in [5.74, 6) is -1.28. The fourth-order valence-corrected chi connectivity index (χ4v) is 4.70. The molecule has 7 heteroatoms. The Labute approximate surface area is 193 Å². The molecule has 0 radical (unpaired) electrons. The molecule has 0 spiro atoms. The van der Waals surface area contributed by atoms with E-state index in [9.17, 15) is 14.4 Å². The van der Waals surface area contributed by atoms with Gasteiger partial charge in [0.05, 0.1) is 6.42 Å². The van der Waals surface area contributed by atoms with E-state index in [-0.39, 0.29) is 42.7 Å². The number of benzene rings is 2. The number of carbonyl (C=O) groups excluding carboxylic acids is 2. The zero-order valence-corrected chi connectivity index (χ0v) is 18.9. The Kier molecular flexibility index (Phi) is 6.67. The zero-order chi connectivity index (χ0) is 23.5. The number of nitrogens with one attached hydrogen (secondary N) is 2. The number of hydrogen-bond acceptors (Lipinski definition) is 4. The number of aliphatic carboxylic acids is 1. The van der Waals surface area contributed by atoms with Gasteiger partial charge >= 0.3 is 12.1 Å². The van der Waals surface area contributed by atoms with Crippen LogP contribution in [0.25, 0.3) is 11.1 Å². The Morgan fingerprint density at radius 2 is 1.58 bits per heavy atom. The van der Waals surface area contributed by atoms with Crippen molar-refractivity contribution in [3.63, 3.8) is 0 Å². The van der Waals surface area contributed by atoms with Gasteiger partial charge in [0.2, 0.25) is 5.91 Å². The fourth-order valence-electron chi connectivity index (χ4n) is 4.70. The van der Waals surface area contributed by atoms with Crippen molar-refractivity contribution in [2.75, 3.05) is 6.61 Å². The molecule has 7 nitrogen and oxygen atoms in total. The smallest absolute Gasteiger partial charge is 0.407 e. The molecule has 3 N–H and O–H groups in total. The van der Waals surface area contributed by atoms with E-state index in [1.165, 1.54) is 11.1 Å². The van der Waals surface area contributed by atoms with Gasteiger partial charge < -0.3 is 20.5 Å². The van der Waals surface area contributed by atoms with Gasteiger partial charge in [-0.05, 0) is 41.0 Å². The molecule has 0 aliphatic heterocycles. The lowest BCUT2D eigenvalue weighted by atomic mass is 9.79. The minimum atomic E-state index is -0.933. The zero-order valence-electron chi connectivity index (χ0n) is 18.9. The molecule has 0 saturated heterocycles. The molecule has 2 aliphatic rings. The second kappa shape index (κ2) is 9.65. The number of carboxylic acids is 1. The minimum Gasteiger partial charge on any atom is -0.481 e. The van der Waals surface area contributed by atoms with E-state index in [0.29, 0.717) is 12.8 Å². The summed E-state index contributed by atoms with van der Waals surface area (Å²) in [4.78, 5) is 35.8. The number of hydrogen-bond donors (Lipinski definition) is 3. The second-order valence-corrected chi connectivity index (χ2v) is 9.29. The van der Waals surface area contributed by atoms with Crippen molar-refractivity contribution >= 4 is 18.0 Å². The molecule has 4 rings (SSSR count). The molecule has 1 saturated carbocycles. The average molecular weight is 451 g/mol. The molecule has 2 aromatic carbocycles. The lowest BCUT2D eigenvalue weighted by Gasteiger charge is -2.35. The minimum absolute atomic E-state index is 0.00488. The first-order valence-corrected chi connectivity index (χ1v) is 11.5. The summed E-state index contributed by atoms with van der Waals surface area (Å²) in [6.45, 7) is 4.02. The molecule has 1 atom stereocenters. The number of fused-ring (bicyclic) bond motifs is 3.